The molecule has 0 amide bonds. The number of ether oxygens (including phenoxy) is 6. The average Bonchev–Trinajstić information content (AvgIpc) is 1.18. The molecule has 35 nitrogen and oxygen atoms in total. The third-order valence-corrected chi connectivity index (χ3v) is 15.3. The summed E-state index contributed by atoms with van der Waals surface area (Å²) < 4.78 is 163. The van der Waals surface area contributed by atoms with Gasteiger partial charge in [-0.25, -0.2) is 9.00 Å². The molecule has 2 unspecified atom stereocenters. The number of aromatic hydroxyl groups is 2. The molecular formula is C49H48N10O25S4. The number of phenols is 1. The minimum absolute atomic E-state index is 0.0147. The maximum Gasteiger partial charge on any atom is 0.358 e. The second-order valence-electron chi connectivity index (χ2n) is 17.5. The van der Waals surface area contributed by atoms with Crippen LogP contribution in [0.25, 0.3) is 16.5 Å². The first-order valence-electron chi connectivity index (χ1n) is 24.3. The standard InChI is InChI=1S/C49H48N10O25S4/c1-23-13-29(36(81-4)20-40(23)85(68)69)51-53-31-16-35(80-3)30(17-39(31)84-22-24(63)21-62)54-56-43-42(87(73,74)75)15-27-26(46(43)64)6-8-34(47(27)88(76,77)78)59-48(65)44(45(58-59)49(66)67)57-55-33-19-37(82-11-9-60)32(18-38(33)83-12-10-61)52-50-28-7-5-25(79-2)14-41(28)86(70,71)72/h5-8,13-20,24,60-65H,9-12,21-22H2,1-4H3,(H,66,67)(H,68,69)(H,70,71,72)(H,73,74,75)(H,76,77,78). The van der Waals surface area contributed by atoms with Crippen LogP contribution >= 0.6 is 0 Å². The van der Waals surface area contributed by atoms with Crippen molar-refractivity contribution in [3.63, 3.8) is 0 Å². The molecule has 88 heavy (non-hydrogen) atoms. The summed E-state index contributed by atoms with van der Waals surface area (Å²) in [6, 6.07) is 12.4. The van der Waals surface area contributed by atoms with Gasteiger partial charge in [-0.1, -0.05) is 0 Å². The molecule has 0 aliphatic carbocycles. The van der Waals surface area contributed by atoms with Crippen molar-refractivity contribution >= 4 is 104 Å². The lowest BCUT2D eigenvalue weighted by Gasteiger charge is -2.15. The molecule has 7 rings (SSSR count). The number of aromatic nitrogens is 2. The van der Waals surface area contributed by atoms with E-state index in [-0.39, 0.29) is 66.8 Å². The minimum Gasteiger partial charge on any atom is -0.505 e. The number of aryl methyl sites for hydroxylation is 1. The van der Waals surface area contributed by atoms with Gasteiger partial charge in [-0.15, -0.1) is 40.9 Å². The van der Waals surface area contributed by atoms with E-state index in [2.05, 4.69) is 46.0 Å². The predicted molar refractivity (Wildman–Crippen MR) is 300 cm³/mol. The predicted octanol–water partition coefficient (Wildman–Crippen LogP) is 6.93. The van der Waals surface area contributed by atoms with Crippen LogP contribution in [0.2, 0.25) is 0 Å². The van der Waals surface area contributed by atoms with Gasteiger partial charge < -0.3 is 68.7 Å². The Morgan fingerprint density at radius 1 is 0.602 bits per heavy atom. The number of azo groups is 4. The van der Waals surface area contributed by atoms with Crippen molar-refractivity contribution in [2.75, 3.05) is 61.0 Å². The number of carboxylic acid groups (broad SMARTS) is 1. The Kier molecular flexibility index (Phi) is 20.8. The van der Waals surface area contributed by atoms with Crippen LogP contribution in [0.5, 0.6) is 46.1 Å². The maximum atomic E-state index is 13.4. The van der Waals surface area contributed by atoms with E-state index in [0.29, 0.717) is 11.6 Å². The van der Waals surface area contributed by atoms with Crippen LogP contribution in [0.4, 0.5) is 45.5 Å². The molecule has 0 spiro atoms. The van der Waals surface area contributed by atoms with Gasteiger partial charge in [-0.3, -0.25) is 13.7 Å². The number of aliphatic hydroxyl groups is 4. The highest BCUT2D eigenvalue weighted by Crippen LogP contribution is 2.49. The van der Waals surface area contributed by atoms with Gasteiger partial charge in [0.15, 0.2) is 22.5 Å². The van der Waals surface area contributed by atoms with Gasteiger partial charge >= 0.3 is 5.97 Å². The lowest BCUT2D eigenvalue weighted by Crippen LogP contribution is -2.21. The van der Waals surface area contributed by atoms with E-state index in [9.17, 15) is 88.2 Å². The third kappa shape index (κ3) is 14.9. The molecule has 0 saturated carbocycles. The summed E-state index contributed by atoms with van der Waals surface area (Å²) in [7, 11) is -12.6. The fourth-order valence-electron chi connectivity index (χ4n) is 7.79. The number of fused-ring (bicyclic) bond motifs is 1. The smallest absolute Gasteiger partial charge is 0.358 e. The minimum atomic E-state index is -5.74. The van der Waals surface area contributed by atoms with E-state index in [1.165, 1.54) is 39.3 Å². The Balaban J connectivity index is 1.35. The number of carbonyl (C=O) groups is 1. The first-order valence-corrected chi connectivity index (χ1v) is 29.8. The van der Waals surface area contributed by atoms with Gasteiger partial charge in [0.05, 0.1) is 51.7 Å². The molecule has 39 heteroatoms. The summed E-state index contributed by atoms with van der Waals surface area (Å²) in [5, 5.41) is 106. The van der Waals surface area contributed by atoms with Crippen LogP contribution in [0.15, 0.2) is 133 Å². The molecule has 2 atom stereocenters. The van der Waals surface area contributed by atoms with E-state index < -0.39 is 164 Å². The topological polar surface area (TPSA) is 531 Å². The Hall–Kier alpha value is -9.26. The zero-order valence-corrected chi connectivity index (χ0v) is 48.8. The highest BCUT2D eigenvalue weighted by molar-refractivity contribution is 7.86. The van der Waals surface area contributed by atoms with Crippen molar-refractivity contribution in [2.24, 2.45) is 40.9 Å². The van der Waals surface area contributed by atoms with Crippen molar-refractivity contribution in [2.45, 2.75) is 32.6 Å². The van der Waals surface area contributed by atoms with Crippen LogP contribution < -0.4 is 28.4 Å². The van der Waals surface area contributed by atoms with Crippen LogP contribution in [0, 0.1) is 6.92 Å². The Morgan fingerprint density at radius 2 is 1.10 bits per heavy atom. The van der Waals surface area contributed by atoms with Crippen molar-refractivity contribution < 1.29 is 117 Å². The van der Waals surface area contributed by atoms with Crippen LogP contribution in [0.1, 0.15) is 16.1 Å². The highest BCUT2D eigenvalue weighted by Gasteiger charge is 2.32. The lowest BCUT2D eigenvalue weighted by atomic mass is 10.1. The third-order valence-electron chi connectivity index (χ3n) is 11.8. The Morgan fingerprint density at radius 3 is 1.60 bits per heavy atom. The number of carboxylic acids is 1. The van der Waals surface area contributed by atoms with Crippen molar-refractivity contribution in [1.29, 1.82) is 0 Å². The van der Waals surface area contributed by atoms with Crippen molar-refractivity contribution in [3.05, 3.63) is 84.1 Å². The van der Waals surface area contributed by atoms with Crippen LogP contribution in [-0.4, -0.2) is 166 Å². The van der Waals surface area contributed by atoms with Crippen LogP contribution in [0.3, 0.4) is 0 Å². The summed E-state index contributed by atoms with van der Waals surface area (Å²) in [4.78, 5) is 9.24. The molecule has 6 aromatic carbocycles. The maximum absolute atomic E-state index is 13.4. The summed E-state index contributed by atoms with van der Waals surface area (Å²) in [5.41, 5.74) is -5.40. The van der Waals surface area contributed by atoms with E-state index in [1.807, 2.05) is 0 Å². The van der Waals surface area contributed by atoms with Crippen LogP contribution in [-0.2, 0) is 41.4 Å². The SMILES string of the molecule is COc1ccc(N=Nc2cc(OCCO)c(N=Nc3c(C(=O)O)nn(-c4ccc5c(O)c(N=Nc6cc(OCC(O)CO)c(N=Nc7cc(C)c(S(=O)O)cc7OC)cc6OC)c(S(=O)(=O)O)cc5c4S(=O)(=O)O)c3O)cc2OCCO)c(S(=O)(=O)O)c1. The zero-order chi connectivity index (χ0) is 64.6. The van der Waals surface area contributed by atoms with E-state index in [0.717, 1.165) is 55.6 Å². The van der Waals surface area contributed by atoms with Crippen molar-refractivity contribution in [1.82, 2.24) is 9.78 Å². The molecule has 1 aromatic heterocycles. The molecule has 11 N–H and O–H groups in total. The molecule has 0 saturated heterocycles. The first kappa shape index (κ1) is 66.3. The summed E-state index contributed by atoms with van der Waals surface area (Å²) in [6.45, 7) is -1.89. The largest absolute Gasteiger partial charge is 0.505 e. The number of methoxy groups -OCH3 is 3. The molecule has 0 fully saturated rings. The number of hydrogen-bond acceptors (Lipinski definition) is 29. The second-order valence-corrected chi connectivity index (χ2v) is 22.6. The number of nitrogens with zero attached hydrogens (tertiary/aromatic N) is 10. The molecule has 468 valence electrons. The molecule has 0 aliphatic rings. The number of rotatable bonds is 27. The average molecular weight is 1310 g/mol. The number of benzene rings is 6. The highest BCUT2D eigenvalue weighted by atomic mass is 32.2. The zero-order valence-electron chi connectivity index (χ0n) is 45.5. The Labute approximate surface area is 498 Å². The molecule has 0 aliphatic heterocycles. The van der Waals surface area contributed by atoms with Gasteiger partial charge in [0.25, 0.3) is 30.4 Å². The van der Waals surface area contributed by atoms with Gasteiger partial charge in [0.2, 0.25) is 11.6 Å². The van der Waals surface area contributed by atoms with Crippen molar-refractivity contribution in [3.8, 4) is 51.8 Å². The van der Waals surface area contributed by atoms with Gasteiger partial charge in [0.1, 0.15) is 115 Å². The normalized spacial score (nSPS) is 13.0. The molecule has 1 heterocycles. The van der Waals surface area contributed by atoms with Gasteiger partial charge in [0, 0.05) is 47.2 Å². The van der Waals surface area contributed by atoms with E-state index in [4.69, 9.17) is 28.4 Å². The molecule has 0 radical (unpaired) electrons. The number of hydrogen-bond donors (Lipinski definition) is 11. The molecule has 7 aromatic rings. The summed E-state index contributed by atoms with van der Waals surface area (Å²) >= 11 is -2.39. The second kappa shape index (κ2) is 27.6. The van der Waals surface area contributed by atoms with Gasteiger partial charge in [-0.2, -0.15) is 35.0 Å². The van der Waals surface area contributed by atoms with E-state index in [1.54, 1.807) is 0 Å². The monoisotopic (exact) mass is 1300 g/mol. The fourth-order valence-corrected chi connectivity index (χ4v) is 10.5. The molecule has 0 bridgehead atoms. The quantitative estimate of drug-likeness (QED) is 0.0141. The van der Waals surface area contributed by atoms with Gasteiger partial charge in [-0.05, 0) is 48.9 Å². The first-order chi connectivity index (χ1) is 41.6. The lowest BCUT2D eigenvalue weighted by molar-refractivity contribution is 0.0538. The number of phenolic OH excluding ortho intramolecular Hbond substituents is 1. The Bertz CT molecular complexity index is 4370. The van der Waals surface area contributed by atoms with E-state index >= 15 is 0 Å². The molecular weight excluding hydrogens is 1260 g/mol. The summed E-state index contributed by atoms with van der Waals surface area (Å²) in [6.07, 6.45) is -1.46. The number of aromatic carboxylic acids is 1. The number of aliphatic hydroxyl groups excluding tert-OH is 4. The fraction of sp³-hybridized carbons (Fsp3) is 0.224. The summed E-state index contributed by atoms with van der Waals surface area (Å²) in [5.74, 6) is -5.56.